The molecule has 2 aromatic carbocycles. The number of carbonyl (C=O) groups excluding carboxylic acids is 1. The quantitative estimate of drug-likeness (QED) is 0.801. The number of carbonyl (C=O) groups is 1. The van der Waals surface area contributed by atoms with E-state index >= 15 is 0 Å². The number of benzene rings is 2. The van der Waals surface area contributed by atoms with Crippen molar-refractivity contribution in [3.05, 3.63) is 70.6 Å². The van der Waals surface area contributed by atoms with Crippen LogP contribution in [0.3, 0.4) is 0 Å². The van der Waals surface area contributed by atoms with Crippen molar-refractivity contribution in [1.29, 1.82) is 0 Å². The van der Waals surface area contributed by atoms with Gasteiger partial charge in [-0.2, -0.15) is 0 Å². The Balaban J connectivity index is 2.05. The number of para-hydroxylation sites is 1. The minimum atomic E-state index is -1.31. The molecule has 2 aromatic rings. The normalized spacial score (nSPS) is 20.9. The molecule has 1 heterocycles. The Morgan fingerprint density at radius 1 is 1.05 bits per heavy atom. The number of hydrogen-bond acceptors (Lipinski definition) is 3. The van der Waals surface area contributed by atoms with Crippen LogP contribution in [0.15, 0.2) is 59.8 Å². The van der Waals surface area contributed by atoms with Crippen LogP contribution in [0.1, 0.15) is 18.1 Å². The van der Waals surface area contributed by atoms with Crippen LogP contribution < -0.4 is 4.90 Å². The zero-order valence-electron chi connectivity index (χ0n) is 11.1. The molecule has 0 radical (unpaired) electrons. The molecule has 3 rings (SSSR count). The number of amides is 1. The van der Waals surface area contributed by atoms with Gasteiger partial charge >= 0.3 is 0 Å². The van der Waals surface area contributed by atoms with Crippen LogP contribution in [0.5, 0.6) is 0 Å². The molecular formula is C16H14N2O2. The van der Waals surface area contributed by atoms with Crippen molar-refractivity contribution in [3.8, 4) is 0 Å². The highest BCUT2D eigenvalue weighted by Gasteiger charge is 2.49. The Morgan fingerprint density at radius 2 is 1.70 bits per heavy atom. The minimum absolute atomic E-state index is 0.266. The molecule has 4 heteroatoms. The van der Waals surface area contributed by atoms with Crippen LogP contribution in [-0.4, -0.2) is 5.91 Å². The molecule has 1 amide bonds. The van der Waals surface area contributed by atoms with Crippen molar-refractivity contribution in [2.45, 2.75) is 19.0 Å². The largest absolute Gasteiger partial charge is 0.305 e. The van der Waals surface area contributed by atoms with E-state index in [0.717, 1.165) is 11.3 Å². The maximum Gasteiger partial charge on any atom is 0.263 e. The standard InChI is InChI=1S/C16H14N2O2/c1-16(17-20)13-9-5-6-10-14(13)18(15(16)19)11-12-7-3-2-4-8-12/h2-10H,11H2,1H3. The number of hydrogen-bond donors (Lipinski definition) is 0. The van der Waals surface area contributed by atoms with Gasteiger partial charge in [0.2, 0.25) is 5.54 Å². The molecule has 1 atom stereocenters. The molecule has 0 bridgehead atoms. The zero-order chi connectivity index (χ0) is 14.2. The van der Waals surface area contributed by atoms with Gasteiger partial charge in [0.05, 0.1) is 12.2 Å². The first-order valence-corrected chi connectivity index (χ1v) is 6.47. The summed E-state index contributed by atoms with van der Waals surface area (Å²) < 4.78 is 0. The van der Waals surface area contributed by atoms with E-state index in [1.54, 1.807) is 17.9 Å². The highest BCUT2D eigenvalue weighted by Crippen LogP contribution is 2.42. The molecule has 1 unspecified atom stereocenters. The van der Waals surface area contributed by atoms with E-state index in [2.05, 4.69) is 5.18 Å². The molecule has 20 heavy (non-hydrogen) atoms. The molecule has 0 N–H and O–H groups in total. The maximum atomic E-state index is 12.6. The molecule has 1 aliphatic rings. The molecule has 1 aliphatic heterocycles. The molecule has 0 aliphatic carbocycles. The van der Waals surface area contributed by atoms with Gasteiger partial charge in [-0.05, 0) is 23.7 Å². The summed E-state index contributed by atoms with van der Waals surface area (Å²) >= 11 is 0. The maximum absolute atomic E-state index is 12.6. The lowest BCUT2D eigenvalue weighted by atomic mass is 9.95. The number of fused-ring (bicyclic) bond motifs is 1. The lowest BCUT2D eigenvalue weighted by Gasteiger charge is -2.19. The van der Waals surface area contributed by atoms with Crippen molar-refractivity contribution >= 4 is 11.6 Å². The average Bonchev–Trinajstić information content (AvgIpc) is 2.72. The SMILES string of the molecule is CC1(N=O)C(=O)N(Cc2ccccc2)c2ccccc21. The van der Waals surface area contributed by atoms with E-state index < -0.39 is 5.54 Å². The Kier molecular flexibility index (Phi) is 2.86. The van der Waals surface area contributed by atoms with E-state index in [9.17, 15) is 9.70 Å². The smallest absolute Gasteiger partial charge is 0.263 e. The van der Waals surface area contributed by atoms with E-state index in [1.165, 1.54) is 0 Å². The molecule has 0 saturated heterocycles. The number of nitroso groups, excluding NO2 is 1. The predicted molar refractivity (Wildman–Crippen MR) is 77.2 cm³/mol. The van der Waals surface area contributed by atoms with Crippen LogP contribution in [0.25, 0.3) is 0 Å². The summed E-state index contributed by atoms with van der Waals surface area (Å²) in [6.45, 7) is 2.02. The fourth-order valence-corrected chi connectivity index (χ4v) is 2.62. The number of rotatable bonds is 3. The summed E-state index contributed by atoms with van der Waals surface area (Å²) in [6.07, 6.45) is 0. The monoisotopic (exact) mass is 266 g/mol. The van der Waals surface area contributed by atoms with Crippen LogP contribution >= 0.6 is 0 Å². The van der Waals surface area contributed by atoms with Crippen LogP contribution in [-0.2, 0) is 16.9 Å². The molecule has 0 fully saturated rings. The fraction of sp³-hybridized carbons (Fsp3) is 0.188. The zero-order valence-corrected chi connectivity index (χ0v) is 11.1. The summed E-state index contributed by atoms with van der Waals surface area (Å²) in [5.41, 5.74) is 1.15. The summed E-state index contributed by atoms with van der Waals surface area (Å²) in [6, 6.07) is 17.0. The van der Waals surface area contributed by atoms with Gasteiger partial charge in [0, 0.05) is 5.56 Å². The second-order valence-corrected chi connectivity index (χ2v) is 5.06. The average molecular weight is 266 g/mol. The summed E-state index contributed by atoms with van der Waals surface area (Å²) in [4.78, 5) is 25.4. The summed E-state index contributed by atoms with van der Waals surface area (Å²) in [5, 5.41) is 3.09. The number of anilines is 1. The Bertz CT molecular complexity index is 669. The van der Waals surface area contributed by atoms with E-state index in [1.807, 2.05) is 48.5 Å². The third kappa shape index (κ3) is 1.72. The topological polar surface area (TPSA) is 49.7 Å². The van der Waals surface area contributed by atoms with Crippen LogP contribution in [0.2, 0.25) is 0 Å². The van der Waals surface area contributed by atoms with Crippen molar-refractivity contribution in [3.63, 3.8) is 0 Å². The Morgan fingerprint density at radius 3 is 2.40 bits per heavy atom. The summed E-state index contributed by atoms with van der Waals surface area (Å²) in [5.74, 6) is -0.266. The highest BCUT2D eigenvalue weighted by molar-refractivity contribution is 6.07. The number of nitrogens with zero attached hydrogens (tertiary/aromatic N) is 2. The molecule has 0 spiro atoms. The third-order valence-corrected chi connectivity index (χ3v) is 3.75. The van der Waals surface area contributed by atoms with Gasteiger partial charge in [-0.25, -0.2) is 0 Å². The van der Waals surface area contributed by atoms with Crippen molar-refractivity contribution in [2.24, 2.45) is 5.18 Å². The summed E-state index contributed by atoms with van der Waals surface area (Å²) in [7, 11) is 0. The molecular weight excluding hydrogens is 252 g/mol. The molecule has 0 aromatic heterocycles. The van der Waals surface area contributed by atoms with Crippen molar-refractivity contribution in [1.82, 2.24) is 0 Å². The van der Waals surface area contributed by atoms with E-state index in [-0.39, 0.29) is 5.91 Å². The van der Waals surface area contributed by atoms with Gasteiger partial charge in [-0.1, -0.05) is 48.5 Å². The lowest BCUT2D eigenvalue weighted by Crippen LogP contribution is -2.36. The minimum Gasteiger partial charge on any atom is -0.305 e. The Hall–Kier alpha value is -2.49. The second-order valence-electron chi connectivity index (χ2n) is 5.06. The van der Waals surface area contributed by atoms with Gasteiger partial charge in [0.1, 0.15) is 0 Å². The lowest BCUT2D eigenvalue weighted by molar-refractivity contribution is -0.122. The Labute approximate surface area is 117 Å². The van der Waals surface area contributed by atoms with Gasteiger partial charge in [0.25, 0.3) is 5.91 Å². The van der Waals surface area contributed by atoms with Crippen molar-refractivity contribution < 1.29 is 4.79 Å². The first kappa shape index (κ1) is 12.5. The molecule has 4 nitrogen and oxygen atoms in total. The van der Waals surface area contributed by atoms with Gasteiger partial charge in [0.15, 0.2) is 0 Å². The van der Waals surface area contributed by atoms with Crippen molar-refractivity contribution in [2.75, 3.05) is 4.90 Å². The van der Waals surface area contributed by atoms with E-state index in [0.29, 0.717) is 12.1 Å². The van der Waals surface area contributed by atoms with Gasteiger partial charge in [-0.3, -0.25) is 4.79 Å². The molecule has 100 valence electrons. The first-order chi connectivity index (χ1) is 9.66. The van der Waals surface area contributed by atoms with Crippen LogP contribution in [0, 0.1) is 4.91 Å². The second kappa shape index (κ2) is 4.56. The third-order valence-electron chi connectivity index (χ3n) is 3.75. The van der Waals surface area contributed by atoms with Crippen LogP contribution in [0.4, 0.5) is 5.69 Å². The fourth-order valence-electron chi connectivity index (χ4n) is 2.62. The van der Waals surface area contributed by atoms with Gasteiger partial charge in [-0.15, -0.1) is 4.91 Å². The van der Waals surface area contributed by atoms with Gasteiger partial charge < -0.3 is 4.90 Å². The highest BCUT2D eigenvalue weighted by atomic mass is 16.3. The first-order valence-electron chi connectivity index (χ1n) is 6.47. The molecule has 0 saturated carbocycles. The van der Waals surface area contributed by atoms with E-state index in [4.69, 9.17) is 0 Å². The predicted octanol–water partition coefficient (Wildman–Crippen LogP) is 3.22.